The number of amides is 1. The summed E-state index contributed by atoms with van der Waals surface area (Å²) in [5.41, 5.74) is 1.56. The molecule has 3 aromatic rings. The molecule has 146 valence electrons. The SMILES string of the molecule is CCC[NH+](CCC)Cn1c(O)c(N=NC(=O)c2cccnc2)c2ccccc21. The molecule has 2 aromatic heterocycles. The molecule has 28 heavy (non-hydrogen) atoms. The molecule has 0 fully saturated rings. The van der Waals surface area contributed by atoms with Gasteiger partial charge in [-0.2, -0.15) is 0 Å². The number of quaternary nitrogens is 1. The van der Waals surface area contributed by atoms with Crippen LogP contribution in [0.25, 0.3) is 10.9 Å². The van der Waals surface area contributed by atoms with Crippen molar-refractivity contribution in [2.45, 2.75) is 33.4 Å². The fourth-order valence-corrected chi connectivity index (χ4v) is 3.39. The number of pyridine rings is 1. The first kappa shape index (κ1) is 19.7. The van der Waals surface area contributed by atoms with Crippen molar-refractivity contribution in [3.8, 4) is 5.88 Å². The van der Waals surface area contributed by atoms with Gasteiger partial charge in [0, 0.05) is 17.8 Å². The van der Waals surface area contributed by atoms with Gasteiger partial charge in [0.15, 0.2) is 12.4 Å². The number of carbonyl (C=O) groups excluding carboxylic acids is 1. The van der Waals surface area contributed by atoms with Gasteiger partial charge in [-0.25, -0.2) is 0 Å². The molecule has 0 bridgehead atoms. The van der Waals surface area contributed by atoms with Gasteiger partial charge in [0.05, 0.1) is 24.2 Å². The highest BCUT2D eigenvalue weighted by molar-refractivity contribution is 5.97. The molecule has 0 atom stereocenters. The molecule has 0 aliphatic rings. The number of rotatable bonds is 8. The van der Waals surface area contributed by atoms with E-state index in [1.165, 1.54) is 11.1 Å². The van der Waals surface area contributed by atoms with Crippen molar-refractivity contribution in [3.63, 3.8) is 0 Å². The average Bonchev–Trinajstić information content (AvgIpc) is 2.98. The van der Waals surface area contributed by atoms with E-state index in [0.717, 1.165) is 36.8 Å². The largest absolute Gasteiger partial charge is 0.493 e. The zero-order chi connectivity index (χ0) is 19.9. The normalized spacial score (nSPS) is 11.7. The number of carbonyl (C=O) groups is 1. The second-order valence-electron chi connectivity index (χ2n) is 6.77. The summed E-state index contributed by atoms with van der Waals surface area (Å²) in [5.74, 6) is -0.456. The number of nitrogens with one attached hydrogen (secondary N) is 1. The lowest BCUT2D eigenvalue weighted by Crippen LogP contribution is -3.11. The van der Waals surface area contributed by atoms with Crippen molar-refractivity contribution < 1.29 is 14.8 Å². The number of hydrogen-bond acceptors (Lipinski definition) is 4. The Morgan fingerprint density at radius 3 is 2.57 bits per heavy atom. The monoisotopic (exact) mass is 380 g/mol. The van der Waals surface area contributed by atoms with Gasteiger partial charge in [-0.05, 0) is 31.0 Å². The summed E-state index contributed by atoms with van der Waals surface area (Å²) in [4.78, 5) is 17.5. The van der Waals surface area contributed by atoms with Crippen LogP contribution in [0.4, 0.5) is 5.69 Å². The van der Waals surface area contributed by atoms with Crippen LogP contribution in [0, 0.1) is 0 Å². The van der Waals surface area contributed by atoms with Crippen molar-refractivity contribution in [1.82, 2.24) is 9.55 Å². The molecule has 7 nitrogen and oxygen atoms in total. The number of nitrogens with zero attached hydrogens (tertiary/aromatic N) is 4. The number of aromatic hydroxyl groups is 1. The molecule has 1 amide bonds. The number of benzene rings is 1. The Hall–Kier alpha value is -3.06. The first-order valence-corrected chi connectivity index (χ1v) is 9.65. The quantitative estimate of drug-likeness (QED) is 0.588. The summed E-state index contributed by atoms with van der Waals surface area (Å²) in [6.45, 7) is 7.01. The minimum absolute atomic E-state index is 0.0358. The smallest absolute Gasteiger partial charge is 0.296 e. The third-order valence-electron chi connectivity index (χ3n) is 4.66. The maximum Gasteiger partial charge on any atom is 0.296 e. The van der Waals surface area contributed by atoms with Gasteiger partial charge in [-0.15, -0.1) is 10.2 Å². The first-order valence-electron chi connectivity index (χ1n) is 9.65. The van der Waals surface area contributed by atoms with Gasteiger partial charge in [0.2, 0.25) is 5.88 Å². The van der Waals surface area contributed by atoms with E-state index >= 15 is 0 Å². The standard InChI is InChI=1S/C21H25N5O2/c1-3-12-25(13-4-2)15-26-18-10-6-5-9-17(18)19(21(26)28)23-24-20(27)16-8-7-11-22-14-16/h5-11,14,28H,3-4,12-13,15H2,1-2H3/p+1. The Morgan fingerprint density at radius 1 is 1.14 bits per heavy atom. The van der Waals surface area contributed by atoms with E-state index in [9.17, 15) is 9.90 Å². The number of para-hydroxylation sites is 1. The van der Waals surface area contributed by atoms with Crippen LogP contribution in [0.5, 0.6) is 5.88 Å². The molecule has 3 rings (SSSR count). The summed E-state index contributed by atoms with van der Waals surface area (Å²) < 4.78 is 1.86. The molecular formula is C21H26N5O2+. The fourth-order valence-electron chi connectivity index (χ4n) is 3.39. The third-order valence-corrected chi connectivity index (χ3v) is 4.66. The number of fused-ring (bicyclic) bond motifs is 1. The summed E-state index contributed by atoms with van der Waals surface area (Å²) in [6.07, 6.45) is 5.18. The minimum Gasteiger partial charge on any atom is -0.493 e. The van der Waals surface area contributed by atoms with Crippen molar-refractivity contribution in [2.24, 2.45) is 10.2 Å². The summed E-state index contributed by atoms with van der Waals surface area (Å²) in [7, 11) is 0. The van der Waals surface area contributed by atoms with Gasteiger partial charge in [-0.1, -0.05) is 32.0 Å². The second kappa shape index (κ2) is 9.23. The summed E-state index contributed by atoms with van der Waals surface area (Å²) in [6, 6.07) is 11.0. The molecule has 2 N–H and O–H groups in total. The molecule has 0 spiro atoms. The molecule has 0 saturated carbocycles. The highest BCUT2D eigenvalue weighted by atomic mass is 16.3. The van der Waals surface area contributed by atoms with Crippen LogP contribution in [0.1, 0.15) is 37.0 Å². The zero-order valence-electron chi connectivity index (χ0n) is 16.3. The molecule has 1 aromatic carbocycles. The topological polar surface area (TPSA) is 84.3 Å². The second-order valence-corrected chi connectivity index (χ2v) is 6.77. The lowest BCUT2D eigenvalue weighted by atomic mass is 10.2. The van der Waals surface area contributed by atoms with Crippen molar-refractivity contribution in [3.05, 3.63) is 54.4 Å². The Kier molecular flexibility index (Phi) is 6.49. The van der Waals surface area contributed by atoms with Crippen LogP contribution in [0.2, 0.25) is 0 Å². The van der Waals surface area contributed by atoms with Crippen LogP contribution in [-0.4, -0.2) is 33.7 Å². The fraction of sp³-hybridized carbons (Fsp3) is 0.333. The van der Waals surface area contributed by atoms with E-state index in [1.807, 2.05) is 28.8 Å². The van der Waals surface area contributed by atoms with Gasteiger partial charge < -0.3 is 10.0 Å². The maximum absolute atomic E-state index is 12.2. The lowest BCUT2D eigenvalue weighted by Gasteiger charge is -2.19. The predicted molar refractivity (Wildman–Crippen MR) is 108 cm³/mol. The Balaban J connectivity index is 1.96. The third kappa shape index (κ3) is 4.26. The van der Waals surface area contributed by atoms with Crippen LogP contribution in [-0.2, 0) is 6.67 Å². The predicted octanol–water partition coefficient (Wildman–Crippen LogP) is 3.33. The van der Waals surface area contributed by atoms with Crippen LogP contribution >= 0.6 is 0 Å². The van der Waals surface area contributed by atoms with E-state index in [1.54, 1.807) is 18.3 Å². The number of hydrogen-bond donors (Lipinski definition) is 2. The molecular weight excluding hydrogens is 354 g/mol. The van der Waals surface area contributed by atoms with Gasteiger partial charge >= 0.3 is 0 Å². The van der Waals surface area contributed by atoms with E-state index in [4.69, 9.17) is 0 Å². The summed E-state index contributed by atoms with van der Waals surface area (Å²) >= 11 is 0. The highest BCUT2D eigenvalue weighted by Gasteiger charge is 2.20. The van der Waals surface area contributed by atoms with Crippen molar-refractivity contribution >= 4 is 22.5 Å². The minimum atomic E-state index is -0.492. The van der Waals surface area contributed by atoms with Gasteiger partial charge in [0.25, 0.3) is 5.91 Å². The Morgan fingerprint density at radius 2 is 1.89 bits per heavy atom. The molecule has 0 radical (unpaired) electrons. The Labute approximate surface area is 164 Å². The number of aromatic nitrogens is 2. The van der Waals surface area contributed by atoms with E-state index in [2.05, 4.69) is 29.1 Å². The Bertz CT molecular complexity index is 960. The summed E-state index contributed by atoms with van der Waals surface area (Å²) in [5, 5.41) is 19.5. The van der Waals surface area contributed by atoms with E-state index in [-0.39, 0.29) is 5.88 Å². The molecule has 0 aliphatic carbocycles. The number of azo groups is 1. The maximum atomic E-state index is 12.2. The van der Waals surface area contributed by atoms with Crippen LogP contribution in [0.15, 0.2) is 59.0 Å². The molecule has 7 heteroatoms. The molecule has 0 saturated heterocycles. The molecule has 0 aliphatic heterocycles. The zero-order valence-corrected chi connectivity index (χ0v) is 16.3. The van der Waals surface area contributed by atoms with Crippen molar-refractivity contribution in [2.75, 3.05) is 13.1 Å². The van der Waals surface area contributed by atoms with Gasteiger partial charge in [-0.3, -0.25) is 14.3 Å². The van der Waals surface area contributed by atoms with Crippen LogP contribution in [0.3, 0.4) is 0 Å². The highest BCUT2D eigenvalue weighted by Crippen LogP contribution is 2.38. The first-order chi connectivity index (χ1) is 13.7. The molecule has 0 unspecified atom stereocenters. The van der Waals surface area contributed by atoms with Crippen molar-refractivity contribution in [1.29, 1.82) is 0 Å². The average molecular weight is 380 g/mol. The van der Waals surface area contributed by atoms with Crippen LogP contribution < -0.4 is 4.90 Å². The lowest BCUT2D eigenvalue weighted by molar-refractivity contribution is -0.922. The van der Waals surface area contributed by atoms with Gasteiger partial charge in [0.1, 0.15) is 0 Å². The van der Waals surface area contributed by atoms with E-state index in [0.29, 0.717) is 17.9 Å². The van der Waals surface area contributed by atoms with E-state index < -0.39 is 5.91 Å². The molecule has 2 heterocycles.